The molecule has 24 heavy (non-hydrogen) atoms. The normalized spacial score (nSPS) is 21.8. The lowest BCUT2D eigenvalue weighted by Crippen LogP contribution is -2.55. The fraction of sp³-hybridized carbons (Fsp3) is 0.444. The van der Waals surface area contributed by atoms with Gasteiger partial charge in [-0.25, -0.2) is 14.4 Å². The molecule has 1 aromatic heterocycles. The lowest BCUT2D eigenvalue weighted by atomic mass is 9.92. The molecule has 0 amide bonds. The van der Waals surface area contributed by atoms with Gasteiger partial charge in [0.25, 0.3) is 0 Å². The smallest absolute Gasteiger partial charge is 0.126 e. The maximum Gasteiger partial charge on any atom is 0.126 e. The van der Waals surface area contributed by atoms with Crippen LogP contribution in [0.15, 0.2) is 36.7 Å². The van der Waals surface area contributed by atoms with Crippen LogP contribution in [0.3, 0.4) is 0 Å². The molecule has 1 atom stereocenters. The number of benzene rings is 1. The number of aliphatic hydroxyl groups excluding tert-OH is 1. The van der Waals surface area contributed by atoms with Crippen molar-refractivity contribution in [3.8, 4) is 0 Å². The summed E-state index contributed by atoms with van der Waals surface area (Å²) in [4.78, 5) is 10.6. The van der Waals surface area contributed by atoms with Gasteiger partial charge < -0.3 is 9.84 Å². The topological polar surface area (TPSA) is 58.5 Å². The van der Waals surface area contributed by atoms with Crippen LogP contribution in [0.1, 0.15) is 17.0 Å². The van der Waals surface area contributed by atoms with Crippen molar-refractivity contribution in [2.24, 2.45) is 0 Å². The van der Waals surface area contributed by atoms with Gasteiger partial charge in [0.05, 0.1) is 13.2 Å². The maximum absolute atomic E-state index is 14.0. The van der Waals surface area contributed by atoms with Crippen LogP contribution < -0.4 is 0 Å². The van der Waals surface area contributed by atoms with Crippen molar-refractivity contribution >= 4 is 0 Å². The number of hydrogen-bond acceptors (Lipinski definition) is 5. The minimum Gasteiger partial charge on any atom is -0.393 e. The number of rotatable bonds is 5. The SMILES string of the molecule is Cc1ncc(CN2CCO[C@](CO)(Cc3ccccc3F)C2)cn1. The van der Waals surface area contributed by atoms with Crippen molar-refractivity contribution in [3.05, 3.63) is 59.4 Å². The summed E-state index contributed by atoms with van der Waals surface area (Å²) >= 11 is 0. The van der Waals surface area contributed by atoms with Crippen LogP contribution in [-0.2, 0) is 17.7 Å². The highest BCUT2D eigenvalue weighted by Gasteiger charge is 2.37. The Labute approximate surface area is 141 Å². The molecule has 0 aliphatic carbocycles. The van der Waals surface area contributed by atoms with Crippen molar-refractivity contribution < 1.29 is 14.2 Å². The van der Waals surface area contributed by atoms with Crippen LogP contribution >= 0.6 is 0 Å². The van der Waals surface area contributed by atoms with Gasteiger partial charge in [0.2, 0.25) is 0 Å². The molecule has 0 spiro atoms. The second-order valence-electron chi connectivity index (χ2n) is 6.31. The first-order valence-electron chi connectivity index (χ1n) is 8.08. The zero-order chi connectivity index (χ0) is 17.0. The number of aryl methyl sites for hydroxylation is 1. The van der Waals surface area contributed by atoms with E-state index >= 15 is 0 Å². The zero-order valence-corrected chi connectivity index (χ0v) is 13.8. The third-order valence-electron chi connectivity index (χ3n) is 4.33. The molecule has 1 aromatic carbocycles. The first-order valence-corrected chi connectivity index (χ1v) is 8.08. The molecule has 1 aliphatic rings. The quantitative estimate of drug-likeness (QED) is 0.904. The lowest BCUT2D eigenvalue weighted by Gasteiger charge is -2.42. The van der Waals surface area contributed by atoms with E-state index in [4.69, 9.17) is 4.74 Å². The Balaban J connectivity index is 1.72. The second-order valence-corrected chi connectivity index (χ2v) is 6.31. The van der Waals surface area contributed by atoms with Gasteiger partial charge in [-0.05, 0) is 18.6 Å². The van der Waals surface area contributed by atoms with Crippen LogP contribution in [0.5, 0.6) is 0 Å². The van der Waals surface area contributed by atoms with Crippen molar-refractivity contribution in [2.45, 2.75) is 25.5 Å². The molecule has 2 heterocycles. The van der Waals surface area contributed by atoms with Gasteiger partial charge >= 0.3 is 0 Å². The summed E-state index contributed by atoms with van der Waals surface area (Å²) in [5.41, 5.74) is 0.790. The molecular formula is C18H22FN3O2. The van der Waals surface area contributed by atoms with E-state index < -0.39 is 5.60 Å². The Morgan fingerprint density at radius 3 is 2.75 bits per heavy atom. The Hall–Kier alpha value is -1.89. The first-order chi connectivity index (χ1) is 11.6. The summed E-state index contributed by atoms with van der Waals surface area (Å²) in [6, 6.07) is 6.64. The van der Waals surface area contributed by atoms with Crippen molar-refractivity contribution in [1.29, 1.82) is 0 Å². The third-order valence-corrected chi connectivity index (χ3v) is 4.33. The van der Waals surface area contributed by atoms with Crippen LogP contribution in [0.2, 0.25) is 0 Å². The summed E-state index contributed by atoms with van der Waals surface area (Å²) in [5, 5.41) is 9.92. The summed E-state index contributed by atoms with van der Waals surface area (Å²) in [5.74, 6) is 0.475. The van der Waals surface area contributed by atoms with Gasteiger partial charge in [0, 0.05) is 44.0 Å². The van der Waals surface area contributed by atoms with E-state index in [0.29, 0.717) is 31.7 Å². The van der Waals surface area contributed by atoms with E-state index in [0.717, 1.165) is 17.9 Å². The van der Waals surface area contributed by atoms with Crippen LogP contribution in [0.25, 0.3) is 0 Å². The maximum atomic E-state index is 14.0. The highest BCUT2D eigenvalue weighted by Crippen LogP contribution is 2.25. The second kappa shape index (κ2) is 7.34. The average molecular weight is 331 g/mol. The van der Waals surface area contributed by atoms with Gasteiger partial charge in [-0.3, -0.25) is 4.90 Å². The molecule has 128 valence electrons. The number of morpholine rings is 1. The number of aliphatic hydroxyl groups is 1. The summed E-state index contributed by atoms with van der Waals surface area (Å²) in [6.45, 7) is 4.18. The van der Waals surface area contributed by atoms with E-state index in [1.807, 2.05) is 19.3 Å². The Kier molecular flexibility index (Phi) is 5.18. The Morgan fingerprint density at radius 1 is 1.29 bits per heavy atom. The predicted octanol–water partition coefficient (Wildman–Crippen LogP) is 1.73. The zero-order valence-electron chi connectivity index (χ0n) is 13.8. The van der Waals surface area contributed by atoms with Crippen molar-refractivity contribution in [2.75, 3.05) is 26.3 Å². The molecule has 0 radical (unpaired) electrons. The molecule has 3 rings (SSSR count). The van der Waals surface area contributed by atoms with Crippen LogP contribution in [-0.4, -0.2) is 51.9 Å². The Bertz CT molecular complexity index is 680. The van der Waals surface area contributed by atoms with Gasteiger partial charge in [0.1, 0.15) is 17.2 Å². The molecule has 2 aromatic rings. The van der Waals surface area contributed by atoms with E-state index in [-0.39, 0.29) is 12.4 Å². The molecule has 1 aliphatic heterocycles. The molecule has 1 saturated heterocycles. The van der Waals surface area contributed by atoms with Crippen molar-refractivity contribution in [3.63, 3.8) is 0 Å². The van der Waals surface area contributed by atoms with Crippen LogP contribution in [0.4, 0.5) is 4.39 Å². The molecule has 0 bridgehead atoms. The predicted molar refractivity (Wildman–Crippen MR) is 87.9 cm³/mol. The number of halogens is 1. The Morgan fingerprint density at radius 2 is 2.04 bits per heavy atom. The first kappa shape index (κ1) is 17.0. The lowest BCUT2D eigenvalue weighted by molar-refractivity contribution is -0.134. The fourth-order valence-electron chi connectivity index (χ4n) is 3.06. The molecule has 1 fully saturated rings. The highest BCUT2D eigenvalue weighted by molar-refractivity contribution is 5.20. The van der Waals surface area contributed by atoms with E-state index in [1.165, 1.54) is 6.07 Å². The monoisotopic (exact) mass is 331 g/mol. The molecule has 6 heteroatoms. The molecular weight excluding hydrogens is 309 g/mol. The van der Waals surface area contributed by atoms with Crippen molar-refractivity contribution in [1.82, 2.24) is 14.9 Å². The van der Waals surface area contributed by atoms with Crippen LogP contribution in [0, 0.1) is 12.7 Å². The van der Waals surface area contributed by atoms with E-state index in [2.05, 4.69) is 14.9 Å². The minimum atomic E-state index is -0.786. The number of ether oxygens (including phenoxy) is 1. The molecule has 0 unspecified atom stereocenters. The van der Waals surface area contributed by atoms with Gasteiger partial charge in [-0.15, -0.1) is 0 Å². The average Bonchev–Trinajstić information content (AvgIpc) is 2.59. The van der Waals surface area contributed by atoms with Gasteiger partial charge in [-0.1, -0.05) is 18.2 Å². The summed E-state index contributed by atoms with van der Waals surface area (Å²) in [7, 11) is 0. The molecule has 0 saturated carbocycles. The molecule has 5 nitrogen and oxygen atoms in total. The van der Waals surface area contributed by atoms with E-state index in [9.17, 15) is 9.50 Å². The largest absolute Gasteiger partial charge is 0.393 e. The van der Waals surface area contributed by atoms with Gasteiger partial charge in [0.15, 0.2) is 0 Å². The third kappa shape index (κ3) is 3.95. The minimum absolute atomic E-state index is 0.151. The standard InChI is InChI=1S/C18H22FN3O2/c1-14-20-9-15(10-21-14)11-22-6-7-24-18(12-22,13-23)8-16-4-2-3-5-17(16)19/h2-5,9-10,23H,6-8,11-13H2,1H3/t18-/m1/s1. The fourth-order valence-corrected chi connectivity index (χ4v) is 3.06. The van der Waals surface area contributed by atoms with E-state index in [1.54, 1.807) is 18.2 Å². The molecule has 1 N–H and O–H groups in total. The summed E-state index contributed by atoms with van der Waals surface area (Å²) < 4.78 is 19.8. The highest BCUT2D eigenvalue weighted by atomic mass is 19.1. The van der Waals surface area contributed by atoms with Gasteiger partial charge in [-0.2, -0.15) is 0 Å². The number of aromatic nitrogens is 2. The number of nitrogens with zero attached hydrogens (tertiary/aromatic N) is 3. The number of hydrogen-bond donors (Lipinski definition) is 1. The summed E-state index contributed by atoms with van der Waals surface area (Å²) in [6.07, 6.45) is 3.97.